The lowest BCUT2D eigenvalue weighted by Crippen LogP contribution is -2.12. The number of nitrogens with one attached hydrogen (secondary N) is 1. The van der Waals surface area contributed by atoms with Gasteiger partial charge in [0.05, 0.1) is 11.9 Å². The summed E-state index contributed by atoms with van der Waals surface area (Å²) in [4.78, 5) is 16.0. The van der Waals surface area contributed by atoms with E-state index in [9.17, 15) is 18.0 Å². The molecule has 1 heterocycles. The second-order valence-corrected chi connectivity index (χ2v) is 5.05. The first kappa shape index (κ1) is 15.8. The minimum absolute atomic E-state index is 0.154. The molecule has 3 aromatic rings. The first-order valence-corrected chi connectivity index (χ1v) is 7.00. The second-order valence-electron chi connectivity index (χ2n) is 5.05. The van der Waals surface area contributed by atoms with Gasteiger partial charge in [-0.2, -0.15) is 13.2 Å². The maximum Gasteiger partial charge on any atom is 0.416 e. The van der Waals surface area contributed by atoms with Gasteiger partial charge >= 0.3 is 6.18 Å². The number of imidazole rings is 1. The van der Waals surface area contributed by atoms with Crippen molar-refractivity contribution >= 4 is 11.6 Å². The number of benzene rings is 2. The molecule has 2 aromatic carbocycles. The van der Waals surface area contributed by atoms with Gasteiger partial charge in [-0.25, -0.2) is 4.98 Å². The summed E-state index contributed by atoms with van der Waals surface area (Å²) in [5.41, 5.74) is 0.786. The Balaban J connectivity index is 1.70. The standard InChI is InChI=1S/C17H12F3N3O/c18-17(19,20)13-3-1-12(2-4-13)16(24)22-14-5-7-15(8-6-14)23-10-9-21-11-23/h1-11H,(H,22,24). The minimum Gasteiger partial charge on any atom is -0.322 e. The Morgan fingerprint density at radius 1 is 1.00 bits per heavy atom. The fraction of sp³-hybridized carbons (Fsp3) is 0.0588. The molecule has 7 heteroatoms. The van der Waals surface area contributed by atoms with Gasteiger partial charge in [0.1, 0.15) is 0 Å². The fourth-order valence-electron chi connectivity index (χ4n) is 2.14. The smallest absolute Gasteiger partial charge is 0.322 e. The highest BCUT2D eigenvalue weighted by molar-refractivity contribution is 6.04. The number of halogens is 3. The van der Waals surface area contributed by atoms with Crippen molar-refractivity contribution in [1.82, 2.24) is 9.55 Å². The molecule has 0 bridgehead atoms. The summed E-state index contributed by atoms with van der Waals surface area (Å²) < 4.78 is 39.4. The summed E-state index contributed by atoms with van der Waals surface area (Å²) in [6.45, 7) is 0. The molecule has 1 amide bonds. The van der Waals surface area contributed by atoms with Crippen molar-refractivity contribution in [2.45, 2.75) is 6.18 Å². The Kier molecular flexibility index (Phi) is 4.07. The van der Waals surface area contributed by atoms with Crippen LogP contribution in [-0.4, -0.2) is 15.5 Å². The van der Waals surface area contributed by atoms with E-state index in [1.165, 1.54) is 0 Å². The van der Waals surface area contributed by atoms with E-state index in [0.717, 1.165) is 30.0 Å². The topological polar surface area (TPSA) is 46.9 Å². The molecule has 0 spiro atoms. The molecule has 3 rings (SSSR count). The van der Waals surface area contributed by atoms with E-state index in [2.05, 4.69) is 10.3 Å². The zero-order valence-electron chi connectivity index (χ0n) is 12.3. The molecule has 122 valence electrons. The van der Waals surface area contributed by atoms with Crippen LogP contribution in [0.15, 0.2) is 67.3 Å². The maximum absolute atomic E-state index is 12.5. The third kappa shape index (κ3) is 3.45. The summed E-state index contributed by atoms with van der Waals surface area (Å²) in [5.74, 6) is -0.473. The van der Waals surface area contributed by atoms with Crippen LogP contribution < -0.4 is 5.32 Å². The molecular formula is C17H12F3N3O. The number of aromatic nitrogens is 2. The molecule has 0 saturated carbocycles. The van der Waals surface area contributed by atoms with Crippen molar-refractivity contribution in [2.75, 3.05) is 5.32 Å². The lowest BCUT2D eigenvalue weighted by atomic mass is 10.1. The lowest BCUT2D eigenvalue weighted by Gasteiger charge is -2.09. The monoisotopic (exact) mass is 331 g/mol. The van der Waals surface area contributed by atoms with Crippen LogP contribution in [0.4, 0.5) is 18.9 Å². The van der Waals surface area contributed by atoms with Crippen molar-refractivity contribution in [1.29, 1.82) is 0 Å². The Morgan fingerprint density at radius 3 is 2.21 bits per heavy atom. The highest BCUT2D eigenvalue weighted by Crippen LogP contribution is 2.29. The molecule has 4 nitrogen and oxygen atoms in total. The van der Waals surface area contributed by atoms with Crippen LogP contribution >= 0.6 is 0 Å². The lowest BCUT2D eigenvalue weighted by molar-refractivity contribution is -0.137. The van der Waals surface area contributed by atoms with Gasteiger partial charge in [0.15, 0.2) is 0 Å². The van der Waals surface area contributed by atoms with Crippen LogP contribution in [0.25, 0.3) is 5.69 Å². The van der Waals surface area contributed by atoms with Gasteiger partial charge in [0.25, 0.3) is 5.91 Å². The van der Waals surface area contributed by atoms with Gasteiger partial charge < -0.3 is 9.88 Å². The third-order valence-electron chi connectivity index (χ3n) is 3.40. The van der Waals surface area contributed by atoms with Crippen molar-refractivity contribution in [2.24, 2.45) is 0 Å². The predicted molar refractivity (Wildman–Crippen MR) is 83.0 cm³/mol. The van der Waals surface area contributed by atoms with E-state index in [1.807, 2.05) is 4.57 Å². The second kappa shape index (κ2) is 6.19. The number of nitrogens with zero attached hydrogens (tertiary/aromatic N) is 2. The van der Waals surface area contributed by atoms with Gasteiger partial charge in [-0.05, 0) is 48.5 Å². The number of carbonyl (C=O) groups excluding carboxylic acids is 1. The number of alkyl halides is 3. The zero-order chi connectivity index (χ0) is 17.2. The number of rotatable bonds is 3. The van der Waals surface area contributed by atoms with Crippen LogP contribution in [0, 0.1) is 0 Å². The van der Waals surface area contributed by atoms with Crippen molar-refractivity contribution in [3.8, 4) is 5.69 Å². The number of amides is 1. The highest BCUT2D eigenvalue weighted by atomic mass is 19.4. The molecular weight excluding hydrogens is 319 g/mol. The van der Waals surface area contributed by atoms with Crippen molar-refractivity contribution < 1.29 is 18.0 Å². The average Bonchev–Trinajstić information content (AvgIpc) is 3.09. The SMILES string of the molecule is O=C(Nc1ccc(-n2ccnc2)cc1)c1ccc(C(F)(F)F)cc1. The van der Waals surface area contributed by atoms with Gasteiger partial charge in [-0.15, -0.1) is 0 Å². The molecule has 0 aliphatic rings. The van der Waals surface area contributed by atoms with E-state index in [1.54, 1.807) is 43.0 Å². The largest absolute Gasteiger partial charge is 0.416 e. The Morgan fingerprint density at radius 2 is 1.67 bits per heavy atom. The summed E-state index contributed by atoms with van der Waals surface area (Å²) in [6, 6.07) is 11.1. The first-order chi connectivity index (χ1) is 11.4. The van der Waals surface area contributed by atoms with E-state index in [-0.39, 0.29) is 5.56 Å². The van der Waals surface area contributed by atoms with Crippen LogP contribution in [-0.2, 0) is 6.18 Å². The molecule has 0 aliphatic heterocycles. The molecule has 0 aliphatic carbocycles. The molecule has 24 heavy (non-hydrogen) atoms. The Labute approximate surface area is 135 Å². The van der Waals surface area contributed by atoms with E-state index in [0.29, 0.717) is 5.69 Å². The van der Waals surface area contributed by atoms with Crippen LogP contribution in [0.5, 0.6) is 0 Å². The number of hydrogen-bond acceptors (Lipinski definition) is 2. The summed E-state index contributed by atoms with van der Waals surface area (Å²) in [5, 5.41) is 2.64. The van der Waals surface area contributed by atoms with Crippen molar-refractivity contribution in [3.63, 3.8) is 0 Å². The summed E-state index contributed by atoms with van der Waals surface area (Å²) >= 11 is 0. The normalized spacial score (nSPS) is 11.3. The van der Waals surface area contributed by atoms with E-state index in [4.69, 9.17) is 0 Å². The van der Waals surface area contributed by atoms with E-state index >= 15 is 0 Å². The summed E-state index contributed by atoms with van der Waals surface area (Å²) in [6.07, 6.45) is 0.671. The molecule has 0 fully saturated rings. The quantitative estimate of drug-likeness (QED) is 0.784. The van der Waals surface area contributed by atoms with Crippen LogP contribution in [0.1, 0.15) is 15.9 Å². The summed E-state index contributed by atoms with van der Waals surface area (Å²) in [7, 11) is 0. The first-order valence-electron chi connectivity index (χ1n) is 7.00. The Bertz CT molecular complexity index is 823. The number of carbonyl (C=O) groups is 1. The molecule has 0 atom stereocenters. The molecule has 0 radical (unpaired) electrons. The van der Waals surface area contributed by atoms with Crippen LogP contribution in [0.2, 0.25) is 0 Å². The van der Waals surface area contributed by atoms with Gasteiger partial charge in [-0.1, -0.05) is 0 Å². The zero-order valence-corrected chi connectivity index (χ0v) is 12.3. The Hall–Kier alpha value is -3.09. The number of hydrogen-bond donors (Lipinski definition) is 1. The van der Waals surface area contributed by atoms with Gasteiger partial charge in [0, 0.05) is 29.3 Å². The predicted octanol–water partition coefficient (Wildman–Crippen LogP) is 4.14. The average molecular weight is 331 g/mol. The highest BCUT2D eigenvalue weighted by Gasteiger charge is 2.30. The van der Waals surface area contributed by atoms with E-state index < -0.39 is 17.6 Å². The fourth-order valence-corrected chi connectivity index (χ4v) is 2.14. The minimum atomic E-state index is -4.42. The van der Waals surface area contributed by atoms with Gasteiger partial charge in [0.2, 0.25) is 0 Å². The molecule has 0 unspecified atom stereocenters. The third-order valence-corrected chi connectivity index (χ3v) is 3.40. The van der Waals surface area contributed by atoms with Crippen LogP contribution in [0.3, 0.4) is 0 Å². The number of anilines is 1. The maximum atomic E-state index is 12.5. The molecule has 1 N–H and O–H groups in total. The molecule has 0 saturated heterocycles. The van der Waals surface area contributed by atoms with Crippen molar-refractivity contribution in [3.05, 3.63) is 78.4 Å². The van der Waals surface area contributed by atoms with Gasteiger partial charge in [-0.3, -0.25) is 4.79 Å². The molecule has 1 aromatic heterocycles.